The molecule has 1 fully saturated rings. The molecular formula is C13H15N3O2. The fraction of sp³-hybridized carbons (Fsp3) is 0.385. The summed E-state index contributed by atoms with van der Waals surface area (Å²) >= 11 is 0. The average molecular weight is 245 g/mol. The predicted octanol–water partition coefficient (Wildman–Crippen LogP) is 1.92. The van der Waals surface area contributed by atoms with E-state index < -0.39 is 0 Å². The quantitative estimate of drug-likeness (QED) is 0.829. The van der Waals surface area contributed by atoms with Gasteiger partial charge in [-0.3, -0.25) is 0 Å². The molecule has 1 atom stereocenters. The lowest BCUT2D eigenvalue weighted by molar-refractivity contribution is 0.187. The van der Waals surface area contributed by atoms with Gasteiger partial charge in [0.2, 0.25) is 5.88 Å². The Kier molecular flexibility index (Phi) is 2.98. The summed E-state index contributed by atoms with van der Waals surface area (Å²) in [5.41, 5.74) is 1.01. The topological polar surface area (TPSA) is 49.2 Å². The van der Waals surface area contributed by atoms with Crippen molar-refractivity contribution in [2.45, 2.75) is 12.5 Å². The van der Waals surface area contributed by atoms with Crippen LogP contribution in [0.2, 0.25) is 0 Å². The number of hydrogen-bond donors (Lipinski definition) is 0. The van der Waals surface area contributed by atoms with Crippen molar-refractivity contribution in [1.29, 1.82) is 0 Å². The van der Waals surface area contributed by atoms with E-state index in [1.807, 2.05) is 24.5 Å². The van der Waals surface area contributed by atoms with Gasteiger partial charge in [-0.25, -0.2) is 9.97 Å². The van der Waals surface area contributed by atoms with Crippen molar-refractivity contribution in [3.05, 3.63) is 30.7 Å². The second-order valence-electron chi connectivity index (χ2n) is 4.26. The lowest BCUT2D eigenvalue weighted by Gasteiger charge is -2.13. The van der Waals surface area contributed by atoms with E-state index in [9.17, 15) is 0 Å². The van der Waals surface area contributed by atoms with Crippen LogP contribution in [0.4, 0.5) is 0 Å². The molecule has 3 heterocycles. The van der Waals surface area contributed by atoms with Gasteiger partial charge in [-0.15, -0.1) is 0 Å². The van der Waals surface area contributed by atoms with Gasteiger partial charge in [-0.1, -0.05) is 0 Å². The van der Waals surface area contributed by atoms with E-state index in [2.05, 4.69) is 14.5 Å². The number of hydrogen-bond acceptors (Lipinski definition) is 4. The van der Waals surface area contributed by atoms with Crippen LogP contribution < -0.4 is 4.74 Å². The Labute approximate surface area is 105 Å². The predicted molar refractivity (Wildman–Crippen MR) is 66.5 cm³/mol. The molecule has 2 aromatic heterocycles. The lowest BCUT2D eigenvalue weighted by atomic mass is 10.2. The largest absolute Gasteiger partial charge is 0.481 e. The third-order valence-corrected chi connectivity index (χ3v) is 3.17. The van der Waals surface area contributed by atoms with Crippen LogP contribution in [0.25, 0.3) is 11.4 Å². The van der Waals surface area contributed by atoms with Crippen molar-refractivity contribution in [3.63, 3.8) is 0 Å². The molecule has 0 saturated carbocycles. The highest BCUT2D eigenvalue weighted by Gasteiger charge is 2.20. The first kappa shape index (κ1) is 11.2. The Morgan fingerprint density at radius 3 is 3.11 bits per heavy atom. The second kappa shape index (κ2) is 4.78. The standard InChI is InChI=1S/C13H15N3O2/c1-17-12-8-10(2-4-14-12)13-15-5-6-16(13)11-3-7-18-9-11/h2,4-6,8,11H,3,7,9H2,1H3. The third-order valence-electron chi connectivity index (χ3n) is 3.17. The van der Waals surface area contributed by atoms with Crippen molar-refractivity contribution in [1.82, 2.24) is 14.5 Å². The highest BCUT2D eigenvalue weighted by Crippen LogP contribution is 2.27. The molecule has 0 spiro atoms. The van der Waals surface area contributed by atoms with Gasteiger partial charge < -0.3 is 14.0 Å². The number of rotatable bonds is 3. The fourth-order valence-electron chi connectivity index (χ4n) is 2.23. The summed E-state index contributed by atoms with van der Waals surface area (Å²) in [6.45, 7) is 1.58. The number of methoxy groups -OCH3 is 1. The summed E-state index contributed by atoms with van der Waals surface area (Å²) in [7, 11) is 1.61. The summed E-state index contributed by atoms with van der Waals surface area (Å²) in [6, 6.07) is 4.22. The minimum atomic E-state index is 0.377. The number of pyridine rings is 1. The summed E-state index contributed by atoms with van der Waals surface area (Å²) < 4.78 is 12.7. The highest BCUT2D eigenvalue weighted by molar-refractivity contribution is 5.56. The van der Waals surface area contributed by atoms with Crippen LogP contribution in [0.1, 0.15) is 12.5 Å². The van der Waals surface area contributed by atoms with E-state index in [1.165, 1.54) is 0 Å². The van der Waals surface area contributed by atoms with Crippen molar-refractivity contribution in [2.75, 3.05) is 20.3 Å². The van der Waals surface area contributed by atoms with E-state index in [4.69, 9.17) is 9.47 Å². The summed E-state index contributed by atoms with van der Waals surface area (Å²) in [6.07, 6.45) is 6.59. The molecule has 1 saturated heterocycles. The van der Waals surface area contributed by atoms with Crippen molar-refractivity contribution >= 4 is 0 Å². The molecule has 3 rings (SSSR count). The smallest absolute Gasteiger partial charge is 0.213 e. The molecule has 0 aliphatic carbocycles. The summed E-state index contributed by atoms with van der Waals surface area (Å²) in [5.74, 6) is 1.54. The molecule has 5 heteroatoms. The number of nitrogens with zero attached hydrogens (tertiary/aromatic N) is 3. The maximum Gasteiger partial charge on any atom is 0.213 e. The molecule has 1 aliphatic heterocycles. The average Bonchev–Trinajstić information content (AvgIpc) is 3.09. The summed E-state index contributed by atoms with van der Waals surface area (Å²) in [4.78, 5) is 8.54. The van der Waals surface area contributed by atoms with Gasteiger partial charge in [-0.2, -0.15) is 0 Å². The monoisotopic (exact) mass is 245 g/mol. The van der Waals surface area contributed by atoms with Crippen LogP contribution >= 0.6 is 0 Å². The van der Waals surface area contributed by atoms with E-state index in [0.29, 0.717) is 11.9 Å². The van der Waals surface area contributed by atoms with Crippen LogP contribution in [0.5, 0.6) is 5.88 Å². The maximum atomic E-state index is 5.43. The molecule has 0 radical (unpaired) electrons. The molecule has 0 amide bonds. The van der Waals surface area contributed by atoms with Gasteiger partial charge in [0.1, 0.15) is 5.82 Å². The van der Waals surface area contributed by atoms with Gasteiger partial charge in [0, 0.05) is 36.8 Å². The first-order valence-corrected chi connectivity index (χ1v) is 5.99. The molecule has 1 unspecified atom stereocenters. The first-order chi connectivity index (χ1) is 8.88. The molecule has 5 nitrogen and oxygen atoms in total. The molecule has 2 aromatic rings. The lowest BCUT2D eigenvalue weighted by Crippen LogP contribution is -2.09. The SMILES string of the molecule is COc1cc(-c2nccn2C2CCOC2)ccn1. The van der Waals surface area contributed by atoms with Crippen LogP contribution in [-0.2, 0) is 4.74 Å². The van der Waals surface area contributed by atoms with E-state index in [1.54, 1.807) is 13.3 Å². The van der Waals surface area contributed by atoms with E-state index in [-0.39, 0.29) is 0 Å². The van der Waals surface area contributed by atoms with Crippen LogP contribution in [0.15, 0.2) is 30.7 Å². The molecular weight excluding hydrogens is 230 g/mol. The van der Waals surface area contributed by atoms with Crippen molar-refractivity contribution in [2.24, 2.45) is 0 Å². The molecule has 0 bridgehead atoms. The molecule has 0 N–H and O–H groups in total. The Hall–Kier alpha value is -1.88. The summed E-state index contributed by atoms with van der Waals surface area (Å²) in [5, 5.41) is 0. The third kappa shape index (κ3) is 1.97. The van der Waals surface area contributed by atoms with E-state index in [0.717, 1.165) is 31.0 Å². The molecule has 1 aliphatic rings. The van der Waals surface area contributed by atoms with Crippen LogP contribution in [-0.4, -0.2) is 34.9 Å². The van der Waals surface area contributed by atoms with Crippen LogP contribution in [0, 0.1) is 0 Å². The molecule has 0 aromatic carbocycles. The second-order valence-corrected chi connectivity index (χ2v) is 4.26. The Balaban J connectivity index is 1.98. The highest BCUT2D eigenvalue weighted by atomic mass is 16.5. The van der Waals surface area contributed by atoms with Gasteiger partial charge in [-0.05, 0) is 12.5 Å². The maximum absolute atomic E-state index is 5.43. The first-order valence-electron chi connectivity index (χ1n) is 5.99. The molecule has 94 valence electrons. The van der Waals surface area contributed by atoms with Crippen molar-refractivity contribution < 1.29 is 9.47 Å². The Bertz CT molecular complexity index is 533. The van der Waals surface area contributed by atoms with Gasteiger partial charge in [0.15, 0.2) is 0 Å². The zero-order valence-corrected chi connectivity index (χ0v) is 10.2. The molecule has 18 heavy (non-hydrogen) atoms. The normalized spacial score (nSPS) is 19.1. The Morgan fingerprint density at radius 1 is 1.39 bits per heavy atom. The fourth-order valence-corrected chi connectivity index (χ4v) is 2.23. The number of ether oxygens (including phenoxy) is 2. The van der Waals surface area contributed by atoms with Crippen LogP contribution in [0.3, 0.4) is 0 Å². The van der Waals surface area contributed by atoms with Gasteiger partial charge >= 0.3 is 0 Å². The zero-order valence-electron chi connectivity index (χ0n) is 10.2. The Morgan fingerprint density at radius 2 is 2.33 bits per heavy atom. The minimum Gasteiger partial charge on any atom is -0.481 e. The van der Waals surface area contributed by atoms with E-state index >= 15 is 0 Å². The number of imidazole rings is 1. The zero-order chi connectivity index (χ0) is 12.4. The number of aromatic nitrogens is 3. The van der Waals surface area contributed by atoms with Crippen molar-refractivity contribution in [3.8, 4) is 17.3 Å². The van der Waals surface area contributed by atoms with Gasteiger partial charge in [0.05, 0.1) is 19.8 Å². The minimum absolute atomic E-state index is 0.377. The van der Waals surface area contributed by atoms with Gasteiger partial charge in [0.25, 0.3) is 0 Å².